The highest BCUT2D eigenvalue weighted by atomic mass is 19.4. The van der Waals surface area contributed by atoms with Gasteiger partial charge in [-0.2, -0.15) is 18.3 Å². The number of carbonyl (C=O) groups is 1. The first-order valence-electron chi connectivity index (χ1n) is 5.90. The number of carbonyl (C=O) groups excluding carboxylic acids is 1. The summed E-state index contributed by atoms with van der Waals surface area (Å²) in [6.07, 6.45) is -3.22. The molecule has 112 valence electrons. The zero-order chi connectivity index (χ0) is 15.6. The number of rotatable bonds is 3. The van der Waals surface area contributed by atoms with Crippen molar-refractivity contribution in [3.05, 3.63) is 41.6 Å². The van der Waals surface area contributed by atoms with Gasteiger partial charge < -0.3 is 10.1 Å². The lowest BCUT2D eigenvalue weighted by Gasteiger charge is -2.11. The lowest BCUT2D eigenvalue weighted by atomic mass is 10.2. The van der Waals surface area contributed by atoms with Crippen LogP contribution in [-0.2, 0) is 6.18 Å². The molecule has 0 spiro atoms. The molecule has 0 saturated carbocycles. The summed E-state index contributed by atoms with van der Waals surface area (Å²) < 4.78 is 44.4. The van der Waals surface area contributed by atoms with Gasteiger partial charge in [0.05, 0.1) is 24.6 Å². The van der Waals surface area contributed by atoms with E-state index in [0.717, 1.165) is 16.8 Å². The van der Waals surface area contributed by atoms with E-state index in [1.165, 1.54) is 32.5 Å². The molecule has 0 fully saturated rings. The molecule has 2 rings (SSSR count). The van der Waals surface area contributed by atoms with E-state index in [2.05, 4.69) is 10.4 Å². The number of ether oxygens (including phenoxy) is 1. The van der Waals surface area contributed by atoms with E-state index in [1.807, 2.05) is 0 Å². The monoisotopic (exact) mass is 299 g/mol. The van der Waals surface area contributed by atoms with Gasteiger partial charge in [0, 0.05) is 7.05 Å². The summed E-state index contributed by atoms with van der Waals surface area (Å²) in [5, 5.41) is 6.32. The molecule has 2 aromatic rings. The van der Waals surface area contributed by atoms with Crippen LogP contribution < -0.4 is 10.1 Å². The number of methoxy groups -OCH3 is 1. The van der Waals surface area contributed by atoms with Crippen LogP contribution in [-0.4, -0.2) is 29.8 Å². The first-order valence-corrected chi connectivity index (χ1v) is 5.90. The number of aromatic nitrogens is 2. The summed E-state index contributed by atoms with van der Waals surface area (Å²) in [7, 11) is 2.75. The first-order chi connectivity index (χ1) is 9.88. The molecule has 0 aliphatic rings. The lowest BCUT2D eigenvalue weighted by molar-refractivity contribution is -0.137. The fourth-order valence-corrected chi connectivity index (χ4v) is 1.82. The molecule has 8 heteroatoms. The van der Waals surface area contributed by atoms with Gasteiger partial charge >= 0.3 is 6.18 Å². The van der Waals surface area contributed by atoms with E-state index in [-0.39, 0.29) is 17.1 Å². The van der Waals surface area contributed by atoms with Gasteiger partial charge in [-0.25, -0.2) is 4.68 Å². The van der Waals surface area contributed by atoms with E-state index in [1.54, 1.807) is 0 Å². The fraction of sp³-hybridized carbons (Fsp3) is 0.231. The zero-order valence-corrected chi connectivity index (χ0v) is 11.2. The molecule has 1 aromatic heterocycles. The van der Waals surface area contributed by atoms with Crippen molar-refractivity contribution in [2.75, 3.05) is 14.2 Å². The third-order valence-electron chi connectivity index (χ3n) is 2.81. The molecular formula is C13H12F3N3O2. The highest BCUT2D eigenvalue weighted by molar-refractivity contribution is 5.96. The van der Waals surface area contributed by atoms with Crippen LogP contribution in [0.3, 0.4) is 0 Å². The van der Waals surface area contributed by atoms with Gasteiger partial charge in [-0.15, -0.1) is 0 Å². The number of hydrogen-bond donors (Lipinski definition) is 1. The van der Waals surface area contributed by atoms with Crippen LogP contribution in [0.1, 0.15) is 15.9 Å². The van der Waals surface area contributed by atoms with Crippen LogP contribution in [0.2, 0.25) is 0 Å². The van der Waals surface area contributed by atoms with Crippen molar-refractivity contribution in [1.29, 1.82) is 0 Å². The van der Waals surface area contributed by atoms with Crippen LogP contribution in [0.15, 0.2) is 30.5 Å². The van der Waals surface area contributed by atoms with E-state index < -0.39 is 17.6 Å². The topological polar surface area (TPSA) is 56.2 Å². The van der Waals surface area contributed by atoms with Crippen molar-refractivity contribution in [2.45, 2.75) is 6.18 Å². The number of hydrogen-bond acceptors (Lipinski definition) is 3. The number of nitrogens with zero attached hydrogens (tertiary/aromatic N) is 2. The summed E-state index contributed by atoms with van der Waals surface area (Å²) in [4.78, 5) is 11.6. The molecule has 1 aromatic carbocycles. The van der Waals surface area contributed by atoms with Crippen LogP contribution in [0, 0.1) is 0 Å². The Balaban J connectivity index is 2.53. The van der Waals surface area contributed by atoms with Crippen molar-refractivity contribution < 1.29 is 22.7 Å². The van der Waals surface area contributed by atoms with Gasteiger partial charge in [-0.3, -0.25) is 4.79 Å². The van der Waals surface area contributed by atoms with E-state index in [4.69, 9.17) is 4.74 Å². The van der Waals surface area contributed by atoms with Crippen LogP contribution in [0.25, 0.3) is 5.69 Å². The van der Waals surface area contributed by atoms with Crippen LogP contribution >= 0.6 is 0 Å². The Hall–Kier alpha value is -2.51. The van der Waals surface area contributed by atoms with E-state index >= 15 is 0 Å². The van der Waals surface area contributed by atoms with Crippen molar-refractivity contribution in [2.24, 2.45) is 0 Å². The highest BCUT2D eigenvalue weighted by Crippen LogP contribution is 2.31. The largest absolute Gasteiger partial charge is 0.480 e. The summed E-state index contributed by atoms with van der Waals surface area (Å²) in [5.74, 6) is -0.376. The van der Waals surface area contributed by atoms with Gasteiger partial charge in [-0.1, -0.05) is 6.07 Å². The van der Waals surface area contributed by atoms with Crippen LogP contribution in [0.4, 0.5) is 13.2 Å². The Bertz CT molecular complexity index is 665. The van der Waals surface area contributed by atoms with Crippen LogP contribution in [0.5, 0.6) is 5.88 Å². The number of alkyl halides is 3. The predicted octanol–water partition coefficient (Wildman–Crippen LogP) is 2.26. The average Bonchev–Trinajstić information content (AvgIpc) is 2.89. The van der Waals surface area contributed by atoms with Gasteiger partial charge in [0.2, 0.25) is 5.88 Å². The first kappa shape index (κ1) is 14.9. The van der Waals surface area contributed by atoms with E-state index in [0.29, 0.717) is 0 Å². The molecule has 0 aliphatic heterocycles. The van der Waals surface area contributed by atoms with Crippen molar-refractivity contribution in [1.82, 2.24) is 15.1 Å². The molecule has 21 heavy (non-hydrogen) atoms. The number of nitrogens with one attached hydrogen (secondary N) is 1. The molecule has 0 atom stereocenters. The standard InChI is InChI=1S/C13H12F3N3O2/c1-17-11(20)10-7-18-19(12(10)21-2)9-5-3-4-8(6-9)13(14,15)16/h3-7H,1-2H3,(H,17,20). The summed E-state index contributed by atoms with van der Waals surface area (Å²) >= 11 is 0. The predicted molar refractivity (Wildman–Crippen MR) is 68.5 cm³/mol. The maximum absolute atomic E-state index is 12.7. The molecule has 0 aliphatic carbocycles. The minimum absolute atomic E-state index is 0.0636. The van der Waals surface area contributed by atoms with Crippen molar-refractivity contribution >= 4 is 5.91 Å². The second kappa shape index (κ2) is 5.47. The Morgan fingerprint density at radius 1 is 1.38 bits per heavy atom. The minimum atomic E-state index is -4.46. The van der Waals surface area contributed by atoms with Crippen molar-refractivity contribution in [3.63, 3.8) is 0 Å². The second-order valence-corrected chi connectivity index (χ2v) is 4.11. The molecule has 0 radical (unpaired) electrons. The maximum atomic E-state index is 12.7. The SMILES string of the molecule is CNC(=O)c1cnn(-c2cccc(C(F)(F)F)c2)c1OC. The number of benzene rings is 1. The fourth-order valence-electron chi connectivity index (χ4n) is 1.82. The van der Waals surface area contributed by atoms with Gasteiger partial charge in [0.15, 0.2) is 0 Å². The summed E-state index contributed by atoms with van der Waals surface area (Å²) in [6, 6.07) is 4.60. The zero-order valence-electron chi connectivity index (χ0n) is 11.2. The molecule has 0 bridgehead atoms. The smallest absolute Gasteiger partial charge is 0.416 e. The van der Waals surface area contributed by atoms with Gasteiger partial charge in [-0.05, 0) is 18.2 Å². The molecule has 1 heterocycles. The van der Waals surface area contributed by atoms with Crippen molar-refractivity contribution in [3.8, 4) is 11.6 Å². The Morgan fingerprint density at radius 2 is 2.10 bits per heavy atom. The molecule has 1 N–H and O–H groups in total. The Kier molecular flexibility index (Phi) is 3.88. The lowest BCUT2D eigenvalue weighted by Crippen LogP contribution is -2.18. The average molecular weight is 299 g/mol. The normalized spacial score (nSPS) is 11.3. The third-order valence-corrected chi connectivity index (χ3v) is 2.81. The van der Waals surface area contributed by atoms with Gasteiger partial charge in [0.1, 0.15) is 5.56 Å². The molecule has 0 unspecified atom stereocenters. The molecule has 5 nitrogen and oxygen atoms in total. The van der Waals surface area contributed by atoms with E-state index in [9.17, 15) is 18.0 Å². The van der Waals surface area contributed by atoms with Gasteiger partial charge in [0.25, 0.3) is 5.91 Å². The second-order valence-electron chi connectivity index (χ2n) is 4.11. The highest BCUT2D eigenvalue weighted by Gasteiger charge is 2.31. The number of amides is 1. The molecule has 0 saturated heterocycles. The minimum Gasteiger partial charge on any atom is -0.480 e. The maximum Gasteiger partial charge on any atom is 0.416 e. The Morgan fingerprint density at radius 3 is 2.67 bits per heavy atom. The summed E-state index contributed by atoms with van der Waals surface area (Å²) in [5.41, 5.74) is -0.520. The quantitative estimate of drug-likeness (QED) is 0.946. The molecular weight excluding hydrogens is 287 g/mol. The Labute approximate surface area is 118 Å². The molecule has 1 amide bonds. The third kappa shape index (κ3) is 2.83. The number of halogens is 3. The summed E-state index contributed by atoms with van der Waals surface area (Å²) in [6.45, 7) is 0.